The van der Waals surface area contributed by atoms with Crippen LogP contribution in [0.5, 0.6) is 0 Å². The molecular weight excluding hydrogens is 409 g/mol. The predicted molar refractivity (Wildman–Crippen MR) is 129 cm³/mol. The summed E-state index contributed by atoms with van der Waals surface area (Å²) < 4.78 is 0. The van der Waals surface area contributed by atoms with Gasteiger partial charge in [-0.1, -0.05) is 77.8 Å². The molecule has 0 spiro atoms. The maximum absolute atomic E-state index is 6.30. The lowest BCUT2D eigenvalue weighted by molar-refractivity contribution is 1.33. The Kier molecular flexibility index (Phi) is 3.95. The normalized spacial score (nSPS) is 11.7. The highest BCUT2D eigenvalue weighted by Gasteiger charge is 2.15. The minimum Gasteiger partial charge on any atom is -0.264 e. The number of rotatable bonds is 2. The molecule has 0 aliphatic carbocycles. The number of aromatic nitrogens is 1. The van der Waals surface area contributed by atoms with E-state index in [-0.39, 0.29) is 0 Å². The van der Waals surface area contributed by atoms with Crippen molar-refractivity contribution in [1.82, 2.24) is 4.98 Å². The lowest BCUT2D eigenvalue weighted by Crippen LogP contribution is -1.89. The minimum atomic E-state index is 0.641. The molecule has 0 aliphatic heterocycles. The summed E-state index contributed by atoms with van der Waals surface area (Å²) in [5.41, 5.74) is 4.48. The average Bonchev–Trinajstić information content (AvgIpc) is 2.77. The van der Waals surface area contributed by atoms with Crippen LogP contribution in [0.25, 0.3) is 54.6 Å². The number of benzene rings is 5. The second kappa shape index (κ2) is 6.70. The van der Waals surface area contributed by atoms with Gasteiger partial charge in [-0.15, -0.1) is 0 Å². The molecule has 6 aromatic rings. The van der Waals surface area contributed by atoms with Crippen LogP contribution in [0.15, 0.2) is 91.3 Å². The van der Waals surface area contributed by atoms with E-state index in [1.807, 2.05) is 30.6 Å². The van der Waals surface area contributed by atoms with Crippen molar-refractivity contribution in [3.8, 4) is 22.3 Å². The van der Waals surface area contributed by atoms with E-state index >= 15 is 0 Å². The molecule has 30 heavy (non-hydrogen) atoms. The van der Waals surface area contributed by atoms with Crippen LogP contribution >= 0.6 is 23.2 Å². The van der Waals surface area contributed by atoms with Crippen molar-refractivity contribution in [3.05, 3.63) is 101 Å². The number of halogens is 2. The van der Waals surface area contributed by atoms with Gasteiger partial charge in [0.05, 0.1) is 0 Å². The number of pyridine rings is 1. The van der Waals surface area contributed by atoms with E-state index < -0.39 is 0 Å². The highest BCUT2D eigenvalue weighted by Crippen LogP contribution is 2.42. The molecule has 0 radical (unpaired) electrons. The SMILES string of the molecule is Clc1cc(Cl)cc(-c2ccc3ccc4c(-c5cccnc5)ccc5ccc2c3c54)c1. The van der Waals surface area contributed by atoms with Crippen LogP contribution in [0.4, 0.5) is 0 Å². The van der Waals surface area contributed by atoms with E-state index in [1.54, 1.807) is 6.07 Å². The Bertz CT molecular complexity index is 1530. The van der Waals surface area contributed by atoms with Gasteiger partial charge >= 0.3 is 0 Å². The first-order valence-corrected chi connectivity index (χ1v) is 10.5. The van der Waals surface area contributed by atoms with Gasteiger partial charge < -0.3 is 0 Å². The van der Waals surface area contributed by atoms with E-state index in [4.69, 9.17) is 23.2 Å². The summed E-state index contributed by atoms with van der Waals surface area (Å²) in [5, 5.41) is 8.72. The molecule has 0 bridgehead atoms. The molecule has 3 heteroatoms. The van der Waals surface area contributed by atoms with Crippen molar-refractivity contribution in [1.29, 1.82) is 0 Å². The van der Waals surface area contributed by atoms with Crippen molar-refractivity contribution < 1.29 is 0 Å². The summed E-state index contributed by atoms with van der Waals surface area (Å²) in [6.07, 6.45) is 3.73. The van der Waals surface area contributed by atoms with Crippen molar-refractivity contribution in [2.45, 2.75) is 0 Å². The summed E-state index contributed by atoms with van der Waals surface area (Å²) in [4.78, 5) is 4.32. The smallest absolute Gasteiger partial charge is 0.0426 e. The quantitative estimate of drug-likeness (QED) is 0.254. The third-order valence-corrected chi connectivity index (χ3v) is 6.25. The van der Waals surface area contributed by atoms with Crippen LogP contribution < -0.4 is 0 Å². The first-order chi connectivity index (χ1) is 14.7. The maximum Gasteiger partial charge on any atom is 0.0426 e. The lowest BCUT2D eigenvalue weighted by atomic mass is 9.87. The zero-order valence-electron chi connectivity index (χ0n) is 15.9. The number of nitrogens with zero attached hydrogens (tertiary/aromatic N) is 1. The molecule has 1 heterocycles. The highest BCUT2D eigenvalue weighted by molar-refractivity contribution is 6.35. The van der Waals surface area contributed by atoms with Crippen LogP contribution in [-0.4, -0.2) is 4.98 Å². The molecule has 142 valence electrons. The van der Waals surface area contributed by atoms with Crippen LogP contribution in [0, 0.1) is 0 Å². The molecule has 0 aliphatic rings. The monoisotopic (exact) mass is 423 g/mol. The van der Waals surface area contributed by atoms with Gasteiger partial charge in [0, 0.05) is 28.0 Å². The molecule has 1 nitrogen and oxygen atoms in total. The Morgan fingerprint density at radius 3 is 1.70 bits per heavy atom. The van der Waals surface area contributed by atoms with Crippen molar-refractivity contribution in [2.75, 3.05) is 0 Å². The van der Waals surface area contributed by atoms with E-state index in [1.165, 1.54) is 37.9 Å². The summed E-state index contributed by atoms with van der Waals surface area (Å²) in [6.45, 7) is 0. The predicted octanol–water partition coefficient (Wildman–Crippen LogP) is 8.62. The topological polar surface area (TPSA) is 12.9 Å². The number of hydrogen-bond donors (Lipinski definition) is 0. The molecule has 1 aromatic heterocycles. The lowest BCUT2D eigenvalue weighted by Gasteiger charge is -2.16. The molecule has 0 unspecified atom stereocenters. The Balaban J connectivity index is 1.74. The highest BCUT2D eigenvalue weighted by atomic mass is 35.5. The van der Waals surface area contributed by atoms with Gasteiger partial charge in [0.25, 0.3) is 0 Å². The molecule has 0 saturated heterocycles. The Hall–Kier alpha value is -3.13. The number of hydrogen-bond acceptors (Lipinski definition) is 1. The maximum atomic E-state index is 6.30. The summed E-state index contributed by atoms with van der Waals surface area (Å²) in [6, 6.07) is 27.4. The Morgan fingerprint density at radius 2 is 1.13 bits per heavy atom. The third kappa shape index (κ3) is 2.67. The van der Waals surface area contributed by atoms with Gasteiger partial charge in [-0.05, 0) is 73.3 Å². The molecule has 0 N–H and O–H groups in total. The first kappa shape index (κ1) is 17.7. The van der Waals surface area contributed by atoms with Gasteiger partial charge in [0.1, 0.15) is 0 Å². The molecule has 6 rings (SSSR count). The van der Waals surface area contributed by atoms with E-state index in [0.717, 1.165) is 16.7 Å². The largest absolute Gasteiger partial charge is 0.264 e. The van der Waals surface area contributed by atoms with Crippen LogP contribution in [0.1, 0.15) is 0 Å². The third-order valence-electron chi connectivity index (χ3n) is 5.81. The van der Waals surface area contributed by atoms with Gasteiger partial charge in [0.2, 0.25) is 0 Å². The van der Waals surface area contributed by atoms with Crippen molar-refractivity contribution in [3.63, 3.8) is 0 Å². The van der Waals surface area contributed by atoms with E-state index in [2.05, 4.69) is 59.6 Å². The fourth-order valence-electron chi connectivity index (χ4n) is 4.54. The summed E-state index contributed by atoms with van der Waals surface area (Å²) in [7, 11) is 0. The average molecular weight is 424 g/mol. The molecule has 0 saturated carbocycles. The van der Waals surface area contributed by atoms with Gasteiger partial charge in [-0.25, -0.2) is 0 Å². The van der Waals surface area contributed by atoms with Crippen LogP contribution in [-0.2, 0) is 0 Å². The molecule has 0 amide bonds. The zero-order valence-corrected chi connectivity index (χ0v) is 17.4. The van der Waals surface area contributed by atoms with Gasteiger partial charge in [-0.3, -0.25) is 4.98 Å². The Morgan fingerprint density at radius 1 is 0.567 bits per heavy atom. The first-order valence-electron chi connectivity index (χ1n) is 9.76. The van der Waals surface area contributed by atoms with Crippen molar-refractivity contribution >= 4 is 55.5 Å². The zero-order chi connectivity index (χ0) is 20.2. The fraction of sp³-hybridized carbons (Fsp3) is 0. The second-order valence-corrected chi connectivity index (χ2v) is 8.42. The standard InChI is InChI=1S/C27H15Cl2N/c28-20-12-19(13-21(29)14-20)23-8-4-17-5-9-24-22(18-2-1-11-30-15-18)7-3-16-6-10-25(23)27(17)26(16)24/h1-15H. The van der Waals surface area contributed by atoms with E-state index in [0.29, 0.717) is 10.0 Å². The Labute approximate surface area is 183 Å². The van der Waals surface area contributed by atoms with Gasteiger partial charge in [0.15, 0.2) is 0 Å². The molecule has 5 aromatic carbocycles. The molecular formula is C27H15Cl2N. The second-order valence-electron chi connectivity index (χ2n) is 7.55. The summed E-state index contributed by atoms with van der Waals surface area (Å²) >= 11 is 12.6. The minimum absolute atomic E-state index is 0.641. The van der Waals surface area contributed by atoms with Crippen LogP contribution in [0.3, 0.4) is 0 Å². The van der Waals surface area contributed by atoms with E-state index in [9.17, 15) is 0 Å². The molecule has 0 atom stereocenters. The summed E-state index contributed by atoms with van der Waals surface area (Å²) in [5.74, 6) is 0. The molecule has 0 fully saturated rings. The van der Waals surface area contributed by atoms with Gasteiger partial charge in [-0.2, -0.15) is 0 Å². The van der Waals surface area contributed by atoms with Crippen LogP contribution in [0.2, 0.25) is 10.0 Å². The fourth-order valence-corrected chi connectivity index (χ4v) is 5.06. The van der Waals surface area contributed by atoms with Crippen molar-refractivity contribution in [2.24, 2.45) is 0 Å².